The number of rotatable bonds is 6. The fourth-order valence-corrected chi connectivity index (χ4v) is 3.66. The summed E-state index contributed by atoms with van der Waals surface area (Å²) in [6.07, 6.45) is 3.96. The third-order valence-corrected chi connectivity index (χ3v) is 5.49. The van der Waals surface area contributed by atoms with E-state index in [0.717, 1.165) is 0 Å². The van der Waals surface area contributed by atoms with E-state index in [1.54, 1.807) is 18.2 Å². The highest BCUT2D eigenvalue weighted by molar-refractivity contribution is 7.92. The second kappa shape index (κ2) is 8.42. The molecule has 1 heterocycles. The topological polar surface area (TPSA) is 117 Å². The van der Waals surface area contributed by atoms with Gasteiger partial charge < -0.3 is 5.32 Å². The van der Waals surface area contributed by atoms with E-state index >= 15 is 0 Å². The van der Waals surface area contributed by atoms with E-state index in [1.165, 1.54) is 42.7 Å². The van der Waals surface area contributed by atoms with Gasteiger partial charge in [0.15, 0.2) is 0 Å². The number of hydrogen-bond acceptors (Lipinski definition) is 5. The van der Waals surface area contributed by atoms with Crippen LogP contribution in [0.1, 0.15) is 5.56 Å². The Hall–Kier alpha value is -2.88. The molecule has 1 aromatic heterocycles. The molecule has 0 aliphatic heterocycles. The minimum absolute atomic E-state index is 0.000269. The highest BCUT2D eigenvalue weighted by Gasteiger charge is 2.15. The van der Waals surface area contributed by atoms with E-state index in [9.17, 15) is 13.2 Å². The Labute approximate surface area is 170 Å². The molecule has 8 nitrogen and oxygen atoms in total. The number of hydrogen-bond donors (Lipinski definition) is 3. The van der Waals surface area contributed by atoms with Crippen molar-refractivity contribution in [1.29, 1.82) is 0 Å². The Balaban J connectivity index is 1.67. The highest BCUT2D eigenvalue weighted by atomic mass is 35.5. The van der Waals surface area contributed by atoms with Gasteiger partial charge in [-0.2, -0.15) is 10.1 Å². The van der Waals surface area contributed by atoms with Crippen LogP contribution < -0.4 is 10.0 Å². The molecule has 28 heavy (non-hydrogen) atoms. The van der Waals surface area contributed by atoms with E-state index in [-0.39, 0.29) is 10.8 Å². The normalized spacial score (nSPS) is 11.5. The summed E-state index contributed by atoms with van der Waals surface area (Å²) in [4.78, 5) is 15.8. The molecule has 0 fully saturated rings. The fraction of sp³-hybridized carbons (Fsp3) is 0. The number of sulfonamides is 1. The van der Waals surface area contributed by atoms with Gasteiger partial charge in [-0.1, -0.05) is 29.3 Å². The molecule has 144 valence electrons. The molecule has 0 radical (unpaired) electrons. The Morgan fingerprint density at radius 1 is 1.07 bits per heavy atom. The van der Waals surface area contributed by atoms with Gasteiger partial charge in [-0.05, 0) is 42.5 Å². The monoisotopic (exact) mass is 437 g/mol. The van der Waals surface area contributed by atoms with Crippen molar-refractivity contribution in [3.8, 4) is 0 Å². The molecule has 0 saturated carbocycles. The minimum atomic E-state index is -3.82. The maximum atomic E-state index is 12.2. The number of carbonyl (C=O) groups is 1. The number of aromatic amines is 1. The smallest absolute Gasteiger partial charge is 0.264 e. The summed E-state index contributed by atoms with van der Waals surface area (Å²) in [6, 6.07) is 10.7. The zero-order valence-corrected chi connectivity index (χ0v) is 16.4. The summed E-state index contributed by atoms with van der Waals surface area (Å²) >= 11 is 12.1. The van der Waals surface area contributed by atoms with Crippen molar-refractivity contribution in [2.75, 3.05) is 10.0 Å². The quantitative estimate of drug-likeness (QED) is 0.509. The Kier molecular flexibility index (Phi) is 5.98. The van der Waals surface area contributed by atoms with Gasteiger partial charge in [-0.25, -0.2) is 18.2 Å². The number of anilines is 2. The molecule has 11 heteroatoms. The SMILES string of the molecule is O=C(/C=C/c1c(Cl)cccc1Cl)Nc1ccc(S(=O)(=O)Nc2ncn[nH]2)cc1. The van der Waals surface area contributed by atoms with Crippen molar-refractivity contribution in [2.24, 2.45) is 0 Å². The molecular weight excluding hydrogens is 425 g/mol. The van der Waals surface area contributed by atoms with Gasteiger partial charge in [0.25, 0.3) is 10.0 Å². The van der Waals surface area contributed by atoms with Crippen LogP contribution in [0.5, 0.6) is 0 Å². The minimum Gasteiger partial charge on any atom is -0.323 e. The van der Waals surface area contributed by atoms with Crippen LogP contribution in [0.15, 0.2) is 59.8 Å². The van der Waals surface area contributed by atoms with Gasteiger partial charge >= 0.3 is 0 Å². The highest BCUT2D eigenvalue weighted by Crippen LogP contribution is 2.25. The largest absolute Gasteiger partial charge is 0.323 e. The Morgan fingerprint density at radius 3 is 2.36 bits per heavy atom. The van der Waals surface area contributed by atoms with Crippen molar-refractivity contribution in [3.63, 3.8) is 0 Å². The van der Waals surface area contributed by atoms with E-state index < -0.39 is 15.9 Å². The van der Waals surface area contributed by atoms with Crippen LogP contribution in [-0.2, 0) is 14.8 Å². The summed E-state index contributed by atoms with van der Waals surface area (Å²) in [5.41, 5.74) is 0.944. The molecule has 0 bridgehead atoms. The summed E-state index contributed by atoms with van der Waals surface area (Å²) in [6.45, 7) is 0. The van der Waals surface area contributed by atoms with Crippen LogP contribution in [0.25, 0.3) is 6.08 Å². The lowest BCUT2D eigenvalue weighted by Crippen LogP contribution is -2.14. The van der Waals surface area contributed by atoms with E-state index in [0.29, 0.717) is 21.3 Å². The van der Waals surface area contributed by atoms with Crippen LogP contribution in [0, 0.1) is 0 Å². The zero-order chi connectivity index (χ0) is 20.1. The van der Waals surface area contributed by atoms with Gasteiger partial charge in [0.1, 0.15) is 6.33 Å². The number of halogens is 2. The zero-order valence-electron chi connectivity index (χ0n) is 14.1. The number of benzene rings is 2. The van der Waals surface area contributed by atoms with E-state index in [2.05, 4.69) is 25.2 Å². The van der Waals surface area contributed by atoms with Crippen molar-refractivity contribution >= 4 is 56.8 Å². The van der Waals surface area contributed by atoms with Crippen molar-refractivity contribution in [2.45, 2.75) is 4.90 Å². The van der Waals surface area contributed by atoms with Gasteiger partial charge in [0, 0.05) is 27.4 Å². The average molecular weight is 438 g/mol. The van der Waals surface area contributed by atoms with Gasteiger partial charge in [0.2, 0.25) is 11.9 Å². The molecule has 3 rings (SSSR count). The molecule has 0 unspecified atom stereocenters. The van der Waals surface area contributed by atoms with Crippen molar-refractivity contribution in [3.05, 3.63) is 70.5 Å². The summed E-state index contributed by atoms with van der Waals surface area (Å²) in [5, 5.41) is 9.43. The maximum absolute atomic E-state index is 12.2. The molecular formula is C17H13Cl2N5O3S. The summed E-state index contributed by atoms with van der Waals surface area (Å²) < 4.78 is 26.7. The molecule has 0 atom stereocenters. The van der Waals surface area contributed by atoms with Crippen LogP contribution in [-0.4, -0.2) is 29.5 Å². The first-order valence-corrected chi connectivity index (χ1v) is 10.0. The number of amides is 1. The van der Waals surface area contributed by atoms with Crippen molar-refractivity contribution in [1.82, 2.24) is 15.2 Å². The molecule has 0 spiro atoms. The number of aromatic nitrogens is 3. The lowest BCUT2D eigenvalue weighted by molar-refractivity contribution is -0.111. The average Bonchev–Trinajstić information content (AvgIpc) is 3.14. The first kappa shape index (κ1) is 19.9. The van der Waals surface area contributed by atoms with Gasteiger partial charge in [-0.15, -0.1) is 0 Å². The summed E-state index contributed by atoms with van der Waals surface area (Å²) in [7, 11) is -3.82. The fourth-order valence-electron chi connectivity index (χ4n) is 2.17. The van der Waals surface area contributed by atoms with Crippen LogP contribution >= 0.6 is 23.2 Å². The predicted octanol–water partition coefficient (Wildman–Crippen LogP) is 3.56. The van der Waals surface area contributed by atoms with E-state index in [1.807, 2.05) is 0 Å². The van der Waals surface area contributed by atoms with Crippen molar-refractivity contribution < 1.29 is 13.2 Å². The molecule has 0 aliphatic rings. The first-order valence-electron chi connectivity index (χ1n) is 7.76. The maximum Gasteiger partial charge on any atom is 0.264 e. The molecule has 3 N–H and O–H groups in total. The standard InChI is InChI=1S/C17H13Cl2N5O3S/c18-14-2-1-3-15(19)13(14)8-9-16(25)22-11-4-6-12(7-5-11)28(26,27)24-17-20-10-21-23-17/h1-10H,(H,22,25)(H2,20,21,23,24)/b9-8+. The van der Waals surface area contributed by atoms with Crippen LogP contribution in [0.4, 0.5) is 11.6 Å². The first-order chi connectivity index (χ1) is 13.3. The lowest BCUT2D eigenvalue weighted by atomic mass is 10.2. The second-order valence-corrected chi connectivity index (χ2v) is 7.92. The molecule has 1 amide bonds. The second-order valence-electron chi connectivity index (χ2n) is 5.42. The molecule has 0 saturated heterocycles. The van der Waals surface area contributed by atoms with Crippen LogP contribution in [0.2, 0.25) is 10.0 Å². The summed E-state index contributed by atoms with van der Waals surface area (Å²) in [5.74, 6) is -0.424. The third-order valence-electron chi connectivity index (χ3n) is 3.48. The number of carbonyl (C=O) groups excluding carboxylic acids is 1. The lowest BCUT2D eigenvalue weighted by Gasteiger charge is -2.07. The molecule has 0 aliphatic carbocycles. The van der Waals surface area contributed by atoms with Gasteiger partial charge in [-0.3, -0.25) is 4.79 Å². The Morgan fingerprint density at radius 2 is 1.75 bits per heavy atom. The number of H-pyrrole nitrogens is 1. The van der Waals surface area contributed by atoms with Crippen LogP contribution in [0.3, 0.4) is 0 Å². The van der Waals surface area contributed by atoms with Gasteiger partial charge in [0.05, 0.1) is 4.90 Å². The molecule has 2 aromatic carbocycles. The Bertz CT molecular complexity index is 1090. The third kappa shape index (κ3) is 4.89. The number of nitrogens with one attached hydrogen (secondary N) is 3. The number of nitrogens with zero attached hydrogens (tertiary/aromatic N) is 2. The van der Waals surface area contributed by atoms with E-state index in [4.69, 9.17) is 23.2 Å². The molecule has 3 aromatic rings. The predicted molar refractivity (Wildman–Crippen MR) is 108 cm³/mol.